The monoisotopic (exact) mass is 471 g/mol. The molecule has 0 amide bonds. The van der Waals surface area contributed by atoms with E-state index in [1.54, 1.807) is 19.4 Å². The fraction of sp³-hybridized carbons (Fsp3) is 0.348. The van der Waals surface area contributed by atoms with Crippen LogP contribution >= 0.6 is 15.9 Å². The highest BCUT2D eigenvalue weighted by molar-refractivity contribution is 9.10. The molecule has 0 N–H and O–H groups in total. The molecule has 0 bridgehead atoms. The molecule has 3 aromatic rings. The van der Waals surface area contributed by atoms with Gasteiger partial charge in [0, 0.05) is 16.5 Å². The Bertz CT molecular complexity index is 1120. The van der Waals surface area contributed by atoms with Crippen LogP contribution in [0.5, 0.6) is 11.5 Å². The number of hydrogen-bond donors (Lipinski definition) is 0. The van der Waals surface area contributed by atoms with E-state index in [1.807, 2.05) is 44.2 Å². The molecule has 0 unspecified atom stereocenters. The molecule has 7 heteroatoms. The maximum atomic E-state index is 13.2. The summed E-state index contributed by atoms with van der Waals surface area (Å²) in [5, 5.41) is 5.03. The smallest absolute Gasteiger partial charge is 0.282 e. The highest BCUT2D eigenvalue weighted by Crippen LogP contribution is 2.31. The second kappa shape index (κ2) is 9.89. The van der Waals surface area contributed by atoms with Gasteiger partial charge in [-0.05, 0) is 50.1 Å². The number of fused-ring (bicyclic) bond motifs is 1. The minimum atomic E-state index is -0.201. The van der Waals surface area contributed by atoms with E-state index in [1.165, 1.54) is 4.68 Å². The van der Waals surface area contributed by atoms with Crippen molar-refractivity contribution >= 4 is 33.0 Å². The van der Waals surface area contributed by atoms with E-state index in [4.69, 9.17) is 9.47 Å². The van der Waals surface area contributed by atoms with Gasteiger partial charge in [-0.1, -0.05) is 35.8 Å². The predicted octanol–water partition coefficient (Wildman–Crippen LogP) is 5.18. The first-order valence-corrected chi connectivity index (χ1v) is 10.9. The standard InChI is InChI=1S/C23H26BrN3O3/c1-5-8-21-26-19-12-11-17(24)13-18(19)23(28)27(21)25-14-16-9-7-10-20(29-4)22(16)30-15(3)6-2/h7,9-15H,5-6,8H2,1-4H3/t15-/m0/s1. The van der Waals surface area contributed by atoms with Crippen molar-refractivity contribution in [2.24, 2.45) is 5.10 Å². The zero-order chi connectivity index (χ0) is 21.7. The molecule has 6 nitrogen and oxygen atoms in total. The van der Waals surface area contributed by atoms with Gasteiger partial charge in [-0.25, -0.2) is 4.98 Å². The molecule has 2 aromatic carbocycles. The number of methoxy groups -OCH3 is 1. The lowest BCUT2D eigenvalue weighted by Gasteiger charge is -2.17. The largest absolute Gasteiger partial charge is 0.493 e. The molecular weight excluding hydrogens is 446 g/mol. The highest BCUT2D eigenvalue weighted by Gasteiger charge is 2.14. The van der Waals surface area contributed by atoms with Crippen LogP contribution in [0.25, 0.3) is 10.9 Å². The summed E-state index contributed by atoms with van der Waals surface area (Å²) in [6.07, 6.45) is 4.01. The third kappa shape index (κ3) is 4.73. The Morgan fingerprint density at radius 2 is 2.07 bits per heavy atom. The van der Waals surface area contributed by atoms with E-state index >= 15 is 0 Å². The number of halogens is 1. The van der Waals surface area contributed by atoms with E-state index in [9.17, 15) is 4.79 Å². The van der Waals surface area contributed by atoms with Gasteiger partial charge in [0.05, 0.1) is 30.3 Å². The summed E-state index contributed by atoms with van der Waals surface area (Å²) in [6.45, 7) is 6.11. The molecule has 3 rings (SSSR count). The van der Waals surface area contributed by atoms with Crippen molar-refractivity contribution in [2.45, 2.75) is 46.1 Å². The summed E-state index contributed by atoms with van der Waals surface area (Å²) in [4.78, 5) is 17.8. The number of hydrogen-bond acceptors (Lipinski definition) is 5. The first-order valence-electron chi connectivity index (χ1n) is 10.1. The Hall–Kier alpha value is -2.67. The molecule has 0 spiro atoms. The van der Waals surface area contributed by atoms with Gasteiger partial charge in [0.25, 0.3) is 5.56 Å². The average Bonchev–Trinajstić information content (AvgIpc) is 2.75. The van der Waals surface area contributed by atoms with Crippen molar-refractivity contribution in [3.63, 3.8) is 0 Å². The summed E-state index contributed by atoms with van der Waals surface area (Å²) in [5.41, 5.74) is 1.20. The van der Waals surface area contributed by atoms with Gasteiger partial charge in [-0.2, -0.15) is 9.78 Å². The molecule has 0 saturated carbocycles. The Kier molecular flexibility index (Phi) is 7.26. The van der Waals surface area contributed by atoms with Gasteiger partial charge in [0.2, 0.25) is 0 Å². The second-order valence-corrected chi connectivity index (χ2v) is 7.93. The van der Waals surface area contributed by atoms with Crippen molar-refractivity contribution in [2.75, 3.05) is 7.11 Å². The molecule has 0 fully saturated rings. The average molecular weight is 472 g/mol. The minimum absolute atomic E-state index is 0.0199. The van der Waals surface area contributed by atoms with E-state index in [-0.39, 0.29) is 11.7 Å². The molecular formula is C23H26BrN3O3. The van der Waals surface area contributed by atoms with E-state index in [0.29, 0.717) is 34.6 Å². The minimum Gasteiger partial charge on any atom is -0.493 e. The molecule has 1 aromatic heterocycles. The second-order valence-electron chi connectivity index (χ2n) is 7.02. The number of benzene rings is 2. The maximum absolute atomic E-state index is 13.2. The van der Waals surface area contributed by atoms with Crippen LogP contribution in [0.3, 0.4) is 0 Å². The zero-order valence-electron chi connectivity index (χ0n) is 17.7. The van der Waals surface area contributed by atoms with Crippen LogP contribution in [0.4, 0.5) is 0 Å². The summed E-state index contributed by atoms with van der Waals surface area (Å²) in [7, 11) is 1.61. The van der Waals surface area contributed by atoms with Crippen LogP contribution in [0.1, 0.15) is 45.0 Å². The third-order valence-corrected chi connectivity index (χ3v) is 5.28. The van der Waals surface area contributed by atoms with Crippen molar-refractivity contribution in [3.05, 3.63) is 62.6 Å². The van der Waals surface area contributed by atoms with E-state index in [0.717, 1.165) is 22.9 Å². The quantitative estimate of drug-likeness (QED) is 0.424. The number of aryl methyl sites for hydroxylation is 1. The van der Waals surface area contributed by atoms with Crippen molar-refractivity contribution in [1.29, 1.82) is 0 Å². The summed E-state index contributed by atoms with van der Waals surface area (Å²) in [6, 6.07) is 11.1. The number of ether oxygens (including phenoxy) is 2. The predicted molar refractivity (Wildman–Crippen MR) is 124 cm³/mol. The number of aromatic nitrogens is 2. The van der Waals surface area contributed by atoms with Gasteiger partial charge >= 0.3 is 0 Å². The fourth-order valence-corrected chi connectivity index (χ4v) is 3.39. The van der Waals surface area contributed by atoms with Gasteiger partial charge in [0.15, 0.2) is 11.5 Å². The summed E-state index contributed by atoms with van der Waals surface area (Å²) >= 11 is 3.43. The van der Waals surface area contributed by atoms with Crippen molar-refractivity contribution in [1.82, 2.24) is 9.66 Å². The Labute approximate surface area is 184 Å². The first-order chi connectivity index (χ1) is 14.5. The molecule has 0 aliphatic carbocycles. The van der Waals surface area contributed by atoms with Gasteiger partial charge < -0.3 is 9.47 Å². The van der Waals surface area contributed by atoms with Crippen LogP contribution in [-0.4, -0.2) is 29.1 Å². The van der Waals surface area contributed by atoms with Crippen molar-refractivity contribution < 1.29 is 9.47 Å². The Morgan fingerprint density at radius 3 is 2.77 bits per heavy atom. The van der Waals surface area contributed by atoms with Crippen LogP contribution in [0.15, 0.2) is 50.8 Å². The summed E-state index contributed by atoms with van der Waals surface area (Å²) in [5.74, 6) is 1.86. The zero-order valence-corrected chi connectivity index (χ0v) is 19.3. The Morgan fingerprint density at radius 1 is 1.27 bits per heavy atom. The van der Waals surface area contributed by atoms with E-state index in [2.05, 4.69) is 32.9 Å². The number of para-hydroxylation sites is 1. The lowest BCUT2D eigenvalue weighted by molar-refractivity contribution is 0.207. The molecule has 0 saturated heterocycles. The first kappa shape index (κ1) is 22.0. The SMILES string of the molecule is CCCc1nc2ccc(Br)cc2c(=O)n1N=Cc1cccc(OC)c1O[C@@H](C)CC. The van der Waals surface area contributed by atoms with Crippen LogP contribution in [0, 0.1) is 0 Å². The molecule has 0 aliphatic rings. The molecule has 1 atom stereocenters. The topological polar surface area (TPSA) is 65.7 Å². The number of rotatable bonds is 8. The third-order valence-electron chi connectivity index (χ3n) is 4.78. The van der Waals surface area contributed by atoms with Crippen LogP contribution in [-0.2, 0) is 6.42 Å². The van der Waals surface area contributed by atoms with Gasteiger partial charge in [-0.3, -0.25) is 4.79 Å². The molecule has 158 valence electrons. The van der Waals surface area contributed by atoms with E-state index < -0.39 is 0 Å². The van der Waals surface area contributed by atoms with Gasteiger partial charge in [0.1, 0.15) is 5.82 Å². The van der Waals surface area contributed by atoms with Crippen LogP contribution < -0.4 is 15.0 Å². The molecule has 0 radical (unpaired) electrons. The molecule has 0 aliphatic heterocycles. The molecule has 1 heterocycles. The fourth-order valence-electron chi connectivity index (χ4n) is 3.03. The van der Waals surface area contributed by atoms with Crippen molar-refractivity contribution in [3.8, 4) is 11.5 Å². The van der Waals surface area contributed by atoms with Crippen LogP contribution in [0.2, 0.25) is 0 Å². The lowest BCUT2D eigenvalue weighted by atomic mass is 10.2. The normalized spacial score (nSPS) is 12.4. The highest BCUT2D eigenvalue weighted by atomic mass is 79.9. The van der Waals surface area contributed by atoms with Gasteiger partial charge in [-0.15, -0.1) is 0 Å². The Balaban J connectivity index is 2.13. The number of nitrogens with zero attached hydrogens (tertiary/aromatic N) is 3. The molecule has 30 heavy (non-hydrogen) atoms. The summed E-state index contributed by atoms with van der Waals surface area (Å²) < 4.78 is 13.7. The maximum Gasteiger partial charge on any atom is 0.282 e. The lowest BCUT2D eigenvalue weighted by Crippen LogP contribution is -2.22.